The van der Waals surface area contributed by atoms with Gasteiger partial charge in [0.25, 0.3) is 5.91 Å². The molecule has 33 heavy (non-hydrogen) atoms. The second kappa shape index (κ2) is 11.1. The third-order valence-corrected chi connectivity index (χ3v) is 6.83. The number of carbonyl (C=O) groups excluding carboxylic acids is 1. The molecule has 8 heteroatoms. The van der Waals surface area contributed by atoms with E-state index in [2.05, 4.69) is 34.0 Å². The van der Waals surface area contributed by atoms with Gasteiger partial charge in [-0.05, 0) is 55.6 Å². The summed E-state index contributed by atoms with van der Waals surface area (Å²) >= 11 is 7.66. The molecule has 6 nitrogen and oxygen atoms in total. The van der Waals surface area contributed by atoms with Crippen molar-refractivity contribution >= 4 is 35.0 Å². The molecule has 1 aromatic carbocycles. The van der Waals surface area contributed by atoms with Gasteiger partial charge in [0.2, 0.25) is 0 Å². The van der Waals surface area contributed by atoms with Crippen molar-refractivity contribution in [2.45, 2.75) is 44.2 Å². The van der Waals surface area contributed by atoms with Gasteiger partial charge in [-0.15, -0.1) is 0 Å². The van der Waals surface area contributed by atoms with Crippen LogP contribution in [0.15, 0.2) is 58.7 Å². The number of hydrogen-bond acceptors (Lipinski definition) is 5. The average Bonchev–Trinajstić information content (AvgIpc) is 3.05. The fourth-order valence-corrected chi connectivity index (χ4v) is 4.59. The van der Waals surface area contributed by atoms with Crippen LogP contribution in [0.25, 0.3) is 0 Å². The molecule has 0 radical (unpaired) electrons. The predicted molar refractivity (Wildman–Crippen MR) is 137 cm³/mol. The van der Waals surface area contributed by atoms with Crippen LogP contribution in [0.5, 0.6) is 0 Å². The highest BCUT2D eigenvalue weighted by molar-refractivity contribution is 7.99. The molecule has 0 aliphatic rings. The number of benzene rings is 1. The fourth-order valence-electron chi connectivity index (χ4n) is 3.37. The maximum atomic E-state index is 13.3. The lowest BCUT2D eigenvalue weighted by molar-refractivity contribution is 0.0953. The van der Waals surface area contributed by atoms with Crippen molar-refractivity contribution in [3.63, 3.8) is 0 Å². The first-order valence-electron chi connectivity index (χ1n) is 11.0. The minimum atomic E-state index is -0.109. The van der Waals surface area contributed by atoms with Gasteiger partial charge < -0.3 is 20.9 Å². The second-order valence-corrected chi connectivity index (χ2v) is 10.2. The number of aromatic nitrogens is 2. The molecule has 0 bridgehead atoms. The zero-order valence-electron chi connectivity index (χ0n) is 19.6. The fraction of sp³-hybridized carbons (Fsp3) is 0.360. The van der Waals surface area contributed by atoms with E-state index in [1.165, 1.54) is 0 Å². The van der Waals surface area contributed by atoms with Gasteiger partial charge in [0.1, 0.15) is 0 Å². The monoisotopic (exact) mass is 485 g/mol. The smallest absolute Gasteiger partial charge is 0.256 e. The molecule has 3 aromatic rings. The van der Waals surface area contributed by atoms with E-state index in [0.29, 0.717) is 36.8 Å². The van der Waals surface area contributed by atoms with Gasteiger partial charge in [-0.25, -0.2) is 0 Å². The van der Waals surface area contributed by atoms with Gasteiger partial charge in [0.05, 0.1) is 16.3 Å². The van der Waals surface area contributed by atoms with E-state index in [4.69, 9.17) is 17.3 Å². The summed E-state index contributed by atoms with van der Waals surface area (Å²) in [6.45, 7) is 10.6. The summed E-state index contributed by atoms with van der Waals surface area (Å²) in [6.07, 6.45) is 3.52. The summed E-state index contributed by atoms with van der Waals surface area (Å²) in [7, 11) is 0. The number of nitrogens with one attached hydrogen (secondary N) is 2. The highest BCUT2D eigenvalue weighted by Crippen LogP contribution is 2.39. The highest BCUT2D eigenvalue weighted by atomic mass is 35.5. The summed E-state index contributed by atoms with van der Waals surface area (Å²) in [5.74, 6) is -0.0972. The van der Waals surface area contributed by atoms with Crippen LogP contribution in [0.3, 0.4) is 0 Å². The van der Waals surface area contributed by atoms with Crippen LogP contribution in [-0.4, -0.2) is 35.1 Å². The number of nitrogens with zero attached hydrogens (tertiary/aromatic N) is 2. The summed E-state index contributed by atoms with van der Waals surface area (Å²) in [6, 6.07) is 11.7. The van der Waals surface area contributed by atoms with Gasteiger partial charge in [0.15, 0.2) is 0 Å². The molecule has 176 valence electrons. The molecule has 0 aliphatic carbocycles. The van der Waals surface area contributed by atoms with E-state index in [-0.39, 0.29) is 11.3 Å². The third kappa shape index (κ3) is 6.31. The second-order valence-electron chi connectivity index (χ2n) is 8.72. The number of amides is 1. The zero-order valence-corrected chi connectivity index (χ0v) is 21.2. The maximum Gasteiger partial charge on any atom is 0.256 e. The average molecular weight is 486 g/mol. The van der Waals surface area contributed by atoms with E-state index < -0.39 is 0 Å². The van der Waals surface area contributed by atoms with Crippen LogP contribution in [0.2, 0.25) is 5.02 Å². The normalized spacial score (nSPS) is 11.5. The lowest BCUT2D eigenvalue weighted by atomic mass is 9.94. The van der Waals surface area contributed by atoms with Crippen LogP contribution in [-0.2, 0) is 6.54 Å². The van der Waals surface area contributed by atoms with E-state index >= 15 is 0 Å². The van der Waals surface area contributed by atoms with Crippen molar-refractivity contribution in [2.75, 3.05) is 25.0 Å². The molecule has 0 atom stereocenters. The summed E-state index contributed by atoms with van der Waals surface area (Å²) in [5, 5.41) is 8.12. The minimum absolute atomic E-state index is 0.0972. The van der Waals surface area contributed by atoms with Gasteiger partial charge in [-0.1, -0.05) is 49.3 Å². The Morgan fingerprint density at radius 1 is 1.18 bits per heavy atom. The number of nitrogens with two attached hydrogens (primary N) is 1. The Balaban J connectivity index is 2.14. The maximum absolute atomic E-state index is 13.3. The van der Waals surface area contributed by atoms with E-state index in [1.54, 1.807) is 24.2 Å². The molecule has 2 heterocycles. The van der Waals surface area contributed by atoms with Crippen molar-refractivity contribution in [3.8, 4) is 0 Å². The lowest BCUT2D eigenvalue weighted by Gasteiger charge is -2.24. The number of pyridine rings is 1. The van der Waals surface area contributed by atoms with Crippen LogP contribution < -0.4 is 16.4 Å². The number of rotatable bonds is 10. The number of halogens is 1. The van der Waals surface area contributed by atoms with Crippen molar-refractivity contribution in [3.05, 3.63) is 70.6 Å². The molecular formula is C25H32ClN5OS. The Bertz CT molecular complexity index is 1080. The van der Waals surface area contributed by atoms with Gasteiger partial charge >= 0.3 is 0 Å². The third-order valence-electron chi connectivity index (χ3n) is 5.45. The van der Waals surface area contributed by atoms with Crippen molar-refractivity contribution in [1.82, 2.24) is 14.9 Å². The van der Waals surface area contributed by atoms with Crippen LogP contribution in [0, 0.1) is 12.3 Å². The minimum Gasteiger partial charge on any atom is -0.382 e. The number of carbonyl (C=O) groups is 1. The molecular weight excluding hydrogens is 454 g/mol. The Labute approximate surface area is 205 Å². The van der Waals surface area contributed by atoms with Crippen LogP contribution in [0.1, 0.15) is 42.4 Å². The topological polar surface area (TPSA) is 85.0 Å². The molecule has 0 unspecified atom stereocenters. The SMILES string of the molecule is CCNC(=O)c1c(NCC(C)(C)CN)c(C)n(Cc2ccc(Cl)cc2)c1Sc1ccncc1. The summed E-state index contributed by atoms with van der Waals surface area (Å²) < 4.78 is 2.19. The van der Waals surface area contributed by atoms with Crippen molar-refractivity contribution in [1.29, 1.82) is 0 Å². The summed E-state index contributed by atoms with van der Waals surface area (Å²) in [4.78, 5) is 18.4. The molecule has 2 aromatic heterocycles. The molecule has 0 aliphatic heterocycles. The molecule has 0 fully saturated rings. The lowest BCUT2D eigenvalue weighted by Crippen LogP contribution is -2.32. The molecule has 0 saturated heterocycles. The Kier molecular flexibility index (Phi) is 8.46. The zero-order chi connectivity index (χ0) is 24.0. The Morgan fingerprint density at radius 3 is 2.45 bits per heavy atom. The first kappa shape index (κ1) is 25.1. The molecule has 0 spiro atoms. The molecule has 4 N–H and O–H groups in total. The van der Waals surface area contributed by atoms with Crippen molar-refractivity contribution in [2.24, 2.45) is 11.1 Å². The highest BCUT2D eigenvalue weighted by Gasteiger charge is 2.27. The molecule has 3 rings (SSSR count). The number of hydrogen-bond donors (Lipinski definition) is 3. The quantitative estimate of drug-likeness (QED) is 0.368. The van der Waals surface area contributed by atoms with Gasteiger partial charge in [-0.3, -0.25) is 9.78 Å². The first-order chi connectivity index (χ1) is 15.8. The Morgan fingerprint density at radius 2 is 1.85 bits per heavy atom. The molecule has 0 saturated carbocycles. The van der Waals surface area contributed by atoms with Crippen LogP contribution >= 0.6 is 23.4 Å². The van der Waals surface area contributed by atoms with E-state index in [9.17, 15) is 4.79 Å². The van der Waals surface area contributed by atoms with Crippen molar-refractivity contribution < 1.29 is 4.79 Å². The Hall–Kier alpha value is -2.48. The molecule has 1 amide bonds. The summed E-state index contributed by atoms with van der Waals surface area (Å²) in [5.41, 5.74) is 9.44. The van der Waals surface area contributed by atoms with Crippen LogP contribution in [0.4, 0.5) is 5.69 Å². The largest absolute Gasteiger partial charge is 0.382 e. The van der Waals surface area contributed by atoms with Gasteiger partial charge in [-0.2, -0.15) is 0 Å². The first-order valence-corrected chi connectivity index (χ1v) is 12.2. The van der Waals surface area contributed by atoms with E-state index in [1.807, 2.05) is 50.2 Å². The number of anilines is 1. The standard InChI is InChI=1S/C25H32ClN5OS/c1-5-29-23(32)21-22(30-16-25(3,4)15-27)17(2)31(14-18-6-8-19(26)9-7-18)24(21)33-20-10-12-28-13-11-20/h6-13,30H,5,14-16,27H2,1-4H3,(H,29,32). The van der Waals surface area contributed by atoms with E-state index in [0.717, 1.165) is 26.9 Å². The predicted octanol–water partition coefficient (Wildman–Crippen LogP) is 5.19. The van der Waals surface area contributed by atoms with Gasteiger partial charge in [0, 0.05) is 47.6 Å².